The van der Waals surface area contributed by atoms with E-state index in [1.54, 1.807) is 11.8 Å². The normalized spacial score (nSPS) is 13.0. The van der Waals surface area contributed by atoms with Crippen LogP contribution in [0.2, 0.25) is 0 Å². The predicted molar refractivity (Wildman–Crippen MR) is 53.7 cm³/mol. The van der Waals surface area contributed by atoms with E-state index in [0.29, 0.717) is 11.0 Å². The number of amides is 1. The van der Waals surface area contributed by atoms with Crippen molar-refractivity contribution in [3.8, 4) is 0 Å². The Morgan fingerprint density at radius 2 is 2.15 bits per heavy atom. The Hall–Kier alpha value is -0.260. The molecule has 0 aromatic heterocycles. The fourth-order valence-electron chi connectivity index (χ4n) is 0.590. The molecule has 0 aliphatic heterocycles. The third-order valence-corrected chi connectivity index (χ3v) is 2.39. The molecule has 0 aliphatic rings. The molecule has 0 rings (SSSR count). The fraction of sp³-hybridized carbons (Fsp3) is 0.875. The number of carbonyl (C=O) groups is 1. The molecule has 0 bridgehead atoms. The second-order valence-corrected chi connectivity index (χ2v) is 4.57. The van der Waals surface area contributed by atoms with Gasteiger partial charge >= 0.3 is 0 Å². The van der Waals surface area contributed by atoms with Gasteiger partial charge in [0.1, 0.15) is 0 Å². The molecule has 4 nitrogen and oxygen atoms in total. The molecule has 0 spiro atoms. The molecule has 3 N–H and O–H groups in total. The van der Waals surface area contributed by atoms with E-state index >= 15 is 0 Å². The highest BCUT2D eigenvalue weighted by Gasteiger charge is 2.06. The minimum atomic E-state index is -0.854. The van der Waals surface area contributed by atoms with E-state index in [-0.39, 0.29) is 19.1 Å². The van der Waals surface area contributed by atoms with E-state index < -0.39 is 6.10 Å². The first-order chi connectivity index (χ1) is 6.06. The Bertz CT molecular complexity index is 152. The van der Waals surface area contributed by atoms with Crippen molar-refractivity contribution in [3.05, 3.63) is 0 Å². The van der Waals surface area contributed by atoms with Crippen molar-refractivity contribution in [2.75, 3.05) is 18.9 Å². The molecule has 0 aromatic rings. The van der Waals surface area contributed by atoms with Crippen molar-refractivity contribution in [2.45, 2.75) is 25.2 Å². The smallest absolute Gasteiger partial charge is 0.230 e. The zero-order valence-corrected chi connectivity index (χ0v) is 8.80. The Labute approximate surface area is 82.7 Å². The molecule has 0 aromatic carbocycles. The summed E-state index contributed by atoms with van der Waals surface area (Å²) in [5.41, 5.74) is 0. The molecule has 0 saturated heterocycles. The highest BCUT2D eigenvalue weighted by atomic mass is 32.2. The van der Waals surface area contributed by atoms with E-state index in [2.05, 4.69) is 5.32 Å². The van der Waals surface area contributed by atoms with Gasteiger partial charge in [-0.1, -0.05) is 13.8 Å². The van der Waals surface area contributed by atoms with Crippen molar-refractivity contribution in [2.24, 2.45) is 0 Å². The summed E-state index contributed by atoms with van der Waals surface area (Å²) >= 11 is 1.54. The summed E-state index contributed by atoms with van der Waals surface area (Å²) in [6, 6.07) is 0. The molecule has 0 radical (unpaired) electrons. The maximum absolute atomic E-state index is 11.0. The quantitative estimate of drug-likeness (QED) is 0.554. The third-order valence-electron chi connectivity index (χ3n) is 1.29. The number of thioether (sulfide) groups is 1. The molecular weight excluding hydrogens is 190 g/mol. The standard InChI is InChI=1S/C8H17NO3S/c1-6(2)13-5-8(12)9-3-7(11)4-10/h6-7,10-11H,3-5H2,1-2H3,(H,9,12). The van der Waals surface area contributed by atoms with Crippen LogP contribution in [0.5, 0.6) is 0 Å². The van der Waals surface area contributed by atoms with Crippen LogP contribution >= 0.6 is 11.8 Å². The van der Waals surface area contributed by atoms with Gasteiger partial charge in [-0.25, -0.2) is 0 Å². The summed E-state index contributed by atoms with van der Waals surface area (Å²) in [6.07, 6.45) is -0.854. The van der Waals surface area contributed by atoms with Crippen LogP contribution in [0, 0.1) is 0 Å². The molecule has 0 saturated carbocycles. The maximum Gasteiger partial charge on any atom is 0.230 e. The monoisotopic (exact) mass is 207 g/mol. The van der Waals surface area contributed by atoms with Gasteiger partial charge in [0.05, 0.1) is 18.5 Å². The van der Waals surface area contributed by atoms with Crippen LogP contribution in [0.3, 0.4) is 0 Å². The lowest BCUT2D eigenvalue weighted by Crippen LogP contribution is -2.35. The van der Waals surface area contributed by atoms with Gasteiger partial charge in [0, 0.05) is 6.54 Å². The highest BCUT2D eigenvalue weighted by molar-refractivity contribution is 8.00. The Morgan fingerprint density at radius 3 is 2.62 bits per heavy atom. The van der Waals surface area contributed by atoms with Gasteiger partial charge in [-0.2, -0.15) is 0 Å². The highest BCUT2D eigenvalue weighted by Crippen LogP contribution is 2.07. The lowest BCUT2D eigenvalue weighted by molar-refractivity contribution is -0.119. The topological polar surface area (TPSA) is 69.6 Å². The molecule has 0 fully saturated rings. The fourth-order valence-corrected chi connectivity index (χ4v) is 1.18. The van der Waals surface area contributed by atoms with Crippen molar-refractivity contribution in [1.82, 2.24) is 5.32 Å². The number of hydrogen-bond acceptors (Lipinski definition) is 4. The lowest BCUT2D eigenvalue weighted by Gasteiger charge is -2.09. The first-order valence-corrected chi connectivity index (χ1v) is 5.28. The summed E-state index contributed by atoms with van der Waals surface area (Å²) in [5.74, 6) is 0.293. The molecule has 1 amide bonds. The summed E-state index contributed by atoms with van der Waals surface area (Å²) in [4.78, 5) is 11.0. The number of rotatable bonds is 6. The van der Waals surface area contributed by atoms with Crippen molar-refractivity contribution >= 4 is 17.7 Å². The third kappa shape index (κ3) is 8.08. The Morgan fingerprint density at radius 1 is 1.54 bits per heavy atom. The van der Waals surface area contributed by atoms with Crippen LogP contribution < -0.4 is 5.32 Å². The van der Waals surface area contributed by atoms with E-state index in [0.717, 1.165) is 0 Å². The zero-order chi connectivity index (χ0) is 10.3. The second-order valence-electron chi connectivity index (χ2n) is 3.00. The summed E-state index contributed by atoms with van der Waals surface area (Å²) in [5, 5.41) is 20.3. The summed E-state index contributed by atoms with van der Waals surface area (Å²) in [7, 11) is 0. The molecule has 1 unspecified atom stereocenters. The van der Waals surface area contributed by atoms with E-state index in [1.165, 1.54) is 0 Å². The largest absolute Gasteiger partial charge is 0.394 e. The van der Waals surface area contributed by atoms with Gasteiger partial charge in [-0.05, 0) is 5.25 Å². The molecule has 1 atom stereocenters. The molecule has 5 heteroatoms. The van der Waals surface area contributed by atoms with E-state index in [4.69, 9.17) is 10.2 Å². The van der Waals surface area contributed by atoms with Gasteiger partial charge in [0.15, 0.2) is 0 Å². The second kappa shape index (κ2) is 7.17. The first-order valence-electron chi connectivity index (χ1n) is 4.23. The number of carbonyl (C=O) groups excluding carboxylic acids is 1. The van der Waals surface area contributed by atoms with Crippen LogP contribution in [-0.2, 0) is 4.79 Å². The minimum Gasteiger partial charge on any atom is -0.394 e. The van der Waals surface area contributed by atoms with Gasteiger partial charge in [0.25, 0.3) is 0 Å². The average Bonchev–Trinajstić information content (AvgIpc) is 2.10. The number of aliphatic hydroxyl groups excluding tert-OH is 2. The Kier molecular flexibility index (Phi) is 7.03. The van der Waals surface area contributed by atoms with Crippen molar-refractivity contribution in [3.63, 3.8) is 0 Å². The van der Waals surface area contributed by atoms with Crippen molar-refractivity contribution < 1.29 is 15.0 Å². The van der Waals surface area contributed by atoms with Gasteiger partial charge in [-0.3, -0.25) is 4.79 Å². The zero-order valence-electron chi connectivity index (χ0n) is 7.99. The minimum absolute atomic E-state index is 0.105. The average molecular weight is 207 g/mol. The number of aliphatic hydroxyl groups is 2. The first kappa shape index (κ1) is 12.7. The van der Waals surface area contributed by atoms with Gasteiger partial charge in [-0.15, -0.1) is 11.8 Å². The van der Waals surface area contributed by atoms with Crippen LogP contribution in [0.25, 0.3) is 0 Å². The molecule has 0 aliphatic carbocycles. The molecule has 78 valence electrons. The van der Waals surface area contributed by atoms with Crippen LogP contribution in [0.4, 0.5) is 0 Å². The van der Waals surface area contributed by atoms with E-state index in [1.807, 2.05) is 13.8 Å². The van der Waals surface area contributed by atoms with Crippen LogP contribution in [-0.4, -0.2) is 46.4 Å². The van der Waals surface area contributed by atoms with Gasteiger partial charge < -0.3 is 15.5 Å². The van der Waals surface area contributed by atoms with Crippen LogP contribution in [0.15, 0.2) is 0 Å². The van der Waals surface area contributed by atoms with E-state index in [9.17, 15) is 4.79 Å². The number of hydrogen-bond donors (Lipinski definition) is 3. The Balaban J connectivity index is 3.40. The van der Waals surface area contributed by atoms with Gasteiger partial charge in [0.2, 0.25) is 5.91 Å². The molecular formula is C8H17NO3S. The SMILES string of the molecule is CC(C)SCC(=O)NCC(O)CO. The maximum atomic E-state index is 11.0. The predicted octanol–water partition coefficient (Wildman–Crippen LogP) is -0.403. The lowest BCUT2D eigenvalue weighted by atomic mass is 10.4. The summed E-state index contributed by atoms with van der Waals surface area (Å²) in [6.45, 7) is 3.83. The molecule has 0 heterocycles. The van der Waals surface area contributed by atoms with Crippen molar-refractivity contribution in [1.29, 1.82) is 0 Å². The van der Waals surface area contributed by atoms with Crippen LogP contribution in [0.1, 0.15) is 13.8 Å². The number of nitrogens with one attached hydrogen (secondary N) is 1. The molecule has 13 heavy (non-hydrogen) atoms. The summed E-state index contributed by atoms with van der Waals surface area (Å²) < 4.78 is 0.